The van der Waals surface area contributed by atoms with E-state index in [4.69, 9.17) is 0 Å². The van der Waals surface area contributed by atoms with Crippen LogP contribution < -0.4 is 5.32 Å². The van der Waals surface area contributed by atoms with E-state index < -0.39 is 0 Å². The number of carbonyl (C=O) groups excluding carboxylic acids is 1. The Kier molecular flexibility index (Phi) is 5.64. The molecule has 0 aromatic carbocycles. The van der Waals surface area contributed by atoms with Gasteiger partial charge in [-0.25, -0.2) is 0 Å². The van der Waals surface area contributed by atoms with Gasteiger partial charge in [0.15, 0.2) is 0 Å². The molecule has 2 heterocycles. The molecule has 0 aromatic heterocycles. The predicted octanol–water partition coefficient (Wildman–Crippen LogP) is 1.46. The van der Waals surface area contributed by atoms with Crippen LogP contribution in [0.1, 0.15) is 45.4 Å². The summed E-state index contributed by atoms with van der Waals surface area (Å²) < 4.78 is 0. The average Bonchev–Trinajstić information content (AvgIpc) is 2.75. The number of likely N-dealkylation sites (N-methyl/N-ethyl adjacent to an activating group) is 1. The van der Waals surface area contributed by atoms with Gasteiger partial charge in [0.1, 0.15) is 0 Å². The van der Waals surface area contributed by atoms with Crippen LogP contribution in [0.4, 0.5) is 0 Å². The number of hydrogen-bond donors (Lipinski definition) is 1. The Morgan fingerprint density at radius 2 is 1.89 bits per heavy atom. The lowest BCUT2D eigenvalue weighted by Gasteiger charge is -2.37. The fraction of sp³-hybridized carbons (Fsp3) is 0.933. The smallest absolute Gasteiger partial charge is 0.239 e. The second-order valence-electron chi connectivity index (χ2n) is 6.08. The fourth-order valence-corrected chi connectivity index (χ4v) is 3.23. The van der Waals surface area contributed by atoms with E-state index in [2.05, 4.69) is 29.1 Å². The predicted molar refractivity (Wildman–Crippen MR) is 78.2 cm³/mol. The monoisotopic (exact) mass is 267 g/mol. The molecule has 0 saturated carbocycles. The molecule has 0 aromatic rings. The molecule has 110 valence electrons. The number of carbonyl (C=O) groups is 1. The van der Waals surface area contributed by atoms with Gasteiger partial charge in [-0.05, 0) is 46.2 Å². The Hall–Kier alpha value is -0.610. The topological polar surface area (TPSA) is 35.6 Å². The molecule has 0 aliphatic carbocycles. The molecule has 2 atom stereocenters. The van der Waals surface area contributed by atoms with Crippen LogP contribution >= 0.6 is 0 Å². The number of nitrogens with one attached hydrogen (secondary N) is 1. The molecule has 2 fully saturated rings. The van der Waals surface area contributed by atoms with E-state index in [9.17, 15) is 4.79 Å². The summed E-state index contributed by atoms with van der Waals surface area (Å²) in [5.74, 6) is 0.329. The number of amides is 1. The van der Waals surface area contributed by atoms with E-state index in [1.54, 1.807) is 0 Å². The van der Waals surface area contributed by atoms with Crippen LogP contribution in [-0.4, -0.2) is 61.0 Å². The second kappa shape index (κ2) is 7.25. The summed E-state index contributed by atoms with van der Waals surface area (Å²) >= 11 is 0. The minimum absolute atomic E-state index is 0.0167. The van der Waals surface area contributed by atoms with E-state index in [1.165, 1.54) is 38.5 Å². The largest absolute Gasteiger partial charge is 0.341 e. The number of piperidine rings is 1. The SMILES string of the molecule is CC(C(=O)N1CCCCCC1)N(C)C1CCCNC1. The summed E-state index contributed by atoms with van der Waals surface area (Å²) in [6.45, 7) is 6.13. The Labute approximate surface area is 117 Å². The normalized spacial score (nSPS) is 27.1. The Balaban J connectivity index is 1.89. The van der Waals surface area contributed by atoms with Gasteiger partial charge in [-0.15, -0.1) is 0 Å². The zero-order chi connectivity index (χ0) is 13.7. The van der Waals surface area contributed by atoms with Gasteiger partial charge < -0.3 is 10.2 Å². The second-order valence-corrected chi connectivity index (χ2v) is 6.08. The summed E-state index contributed by atoms with van der Waals surface area (Å²) in [6.07, 6.45) is 7.34. The fourth-order valence-electron chi connectivity index (χ4n) is 3.23. The Morgan fingerprint density at radius 1 is 1.21 bits per heavy atom. The Bertz CT molecular complexity index is 281. The Morgan fingerprint density at radius 3 is 2.47 bits per heavy atom. The van der Waals surface area contributed by atoms with Gasteiger partial charge in [0.05, 0.1) is 6.04 Å². The molecule has 4 heteroatoms. The molecule has 19 heavy (non-hydrogen) atoms. The summed E-state index contributed by atoms with van der Waals surface area (Å²) in [5, 5.41) is 3.43. The first-order valence-corrected chi connectivity index (χ1v) is 7.91. The molecular formula is C15H29N3O. The van der Waals surface area contributed by atoms with Crippen LogP contribution in [0.15, 0.2) is 0 Å². The summed E-state index contributed by atoms with van der Waals surface area (Å²) in [6, 6.07) is 0.530. The first-order valence-electron chi connectivity index (χ1n) is 7.91. The van der Waals surface area contributed by atoms with Crippen molar-refractivity contribution in [1.82, 2.24) is 15.1 Å². The van der Waals surface area contributed by atoms with Gasteiger partial charge in [-0.2, -0.15) is 0 Å². The summed E-state index contributed by atoms with van der Waals surface area (Å²) in [7, 11) is 2.11. The van der Waals surface area contributed by atoms with Crippen LogP contribution in [-0.2, 0) is 4.79 Å². The van der Waals surface area contributed by atoms with Crippen molar-refractivity contribution < 1.29 is 4.79 Å². The molecule has 2 aliphatic heterocycles. The highest BCUT2D eigenvalue weighted by Crippen LogP contribution is 2.16. The maximum Gasteiger partial charge on any atom is 0.239 e. The van der Waals surface area contributed by atoms with E-state index >= 15 is 0 Å². The standard InChI is InChI=1S/C15H29N3O/c1-13(17(2)14-8-7-9-16-12-14)15(19)18-10-5-3-4-6-11-18/h13-14,16H,3-12H2,1-2H3. The first kappa shape index (κ1) is 14.8. The first-order chi connectivity index (χ1) is 9.20. The van der Waals surface area contributed by atoms with Crippen molar-refractivity contribution >= 4 is 5.91 Å². The molecular weight excluding hydrogens is 238 g/mol. The van der Waals surface area contributed by atoms with E-state index in [1.807, 2.05) is 0 Å². The van der Waals surface area contributed by atoms with Crippen LogP contribution in [0.25, 0.3) is 0 Å². The molecule has 0 spiro atoms. The van der Waals surface area contributed by atoms with Gasteiger partial charge in [-0.1, -0.05) is 12.8 Å². The minimum Gasteiger partial charge on any atom is -0.341 e. The van der Waals surface area contributed by atoms with Crippen LogP contribution in [0.3, 0.4) is 0 Å². The van der Waals surface area contributed by atoms with Crippen LogP contribution in [0.2, 0.25) is 0 Å². The molecule has 2 rings (SSSR count). The number of hydrogen-bond acceptors (Lipinski definition) is 3. The molecule has 0 radical (unpaired) electrons. The van der Waals surface area contributed by atoms with Crippen molar-refractivity contribution in [1.29, 1.82) is 0 Å². The van der Waals surface area contributed by atoms with E-state index in [-0.39, 0.29) is 6.04 Å². The van der Waals surface area contributed by atoms with Crippen molar-refractivity contribution in [3.8, 4) is 0 Å². The number of likely N-dealkylation sites (tertiary alicyclic amines) is 1. The lowest BCUT2D eigenvalue weighted by molar-refractivity contribution is -0.136. The molecule has 2 saturated heterocycles. The third kappa shape index (κ3) is 3.93. The van der Waals surface area contributed by atoms with Crippen molar-refractivity contribution in [3.05, 3.63) is 0 Å². The van der Waals surface area contributed by atoms with Crippen molar-refractivity contribution in [3.63, 3.8) is 0 Å². The van der Waals surface area contributed by atoms with Crippen LogP contribution in [0, 0.1) is 0 Å². The maximum absolute atomic E-state index is 12.6. The van der Waals surface area contributed by atoms with Gasteiger partial charge >= 0.3 is 0 Å². The van der Waals surface area contributed by atoms with Crippen molar-refractivity contribution in [2.45, 2.75) is 57.5 Å². The molecule has 1 amide bonds. The third-order valence-corrected chi connectivity index (χ3v) is 4.73. The highest BCUT2D eigenvalue weighted by atomic mass is 16.2. The zero-order valence-electron chi connectivity index (χ0n) is 12.5. The highest BCUT2D eigenvalue weighted by molar-refractivity contribution is 5.81. The van der Waals surface area contributed by atoms with E-state index in [0.29, 0.717) is 11.9 Å². The van der Waals surface area contributed by atoms with E-state index in [0.717, 1.165) is 26.2 Å². The lowest BCUT2D eigenvalue weighted by atomic mass is 10.0. The van der Waals surface area contributed by atoms with Gasteiger partial charge in [0, 0.05) is 25.7 Å². The molecule has 2 unspecified atom stereocenters. The quantitative estimate of drug-likeness (QED) is 0.841. The zero-order valence-corrected chi connectivity index (χ0v) is 12.5. The molecule has 1 N–H and O–H groups in total. The maximum atomic E-state index is 12.6. The number of rotatable bonds is 3. The van der Waals surface area contributed by atoms with Gasteiger partial charge in [0.25, 0.3) is 0 Å². The minimum atomic E-state index is 0.0167. The lowest BCUT2D eigenvalue weighted by Crippen LogP contribution is -2.53. The third-order valence-electron chi connectivity index (χ3n) is 4.73. The van der Waals surface area contributed by atoms with Crippen molar-refractivity contribution in [2.75, 3.05) is 33.2 Å². The molecule has 4 nitrogen and oxygen atoms in total. The summed E-state index contributed by atoms with van der Waals surface area (Å²) in [5.41, 5.74) is 0. The average molecular weight is 267 g/mol. The van der Waals surface area contributed by atoms with Crippen molar-refractivity contribution in [2.24, 2.45) is 0 Å². The molecule has 2 aliphatic rings. The number of nitrogens with zero attached hydrogens (tertiary/aromatic N) is 2. The molecule has 0 bridgehead atoms. The van der Waals surface area contributed by atoms with Gasteiger partial charge in [-0.3, -0.25) is 9.69 Å². The van der Waals surface area contributed by atoms with Gasteiger partial charge in [0.2, 0.25) is 5.91 Å². The highest BCUT2D eigenvalue weighted by Gasteiger charge is 2.29. The van der Waals surface area contributed by atoms with Crippen LogP contribution in [0.5, 0.6) is 0 Å². The summed E-state index contributed by atoms with van der Waals surface area (Å²) in [4.78, 5) is 17.0.